The predicted octanol–water partition coefficient (Wildman–Crippen LogP) is 1.39. The Labute approximate surface area is 136 Å². The van der Waals surface area contributed by atoms with Gasteiger partial charge in [-0.1, -0.05) is 13.8 Å². The molecule has 0 aliphatic carbocycles. The summed E-state index contributed by atoms with van der Waals surface area (Å²) in [5.41, 5.74) is 6.55. The summed E-state index contributed by atoms with van der Waals surface area (Å²) < 4.78 is 2.29. The van der Waals surface area contributed by atoms with E-state index in [-0.39, 0.29) is 11.5 Å². The lowest BCUT2D eigenvalue weighted by atomic mass is 9.80. The van der Waals surface area contributed by atoms with Crippen LogP contribution in [0.4, 0.5) is 5.82 Å². The molecule has 1 saturated heterocycles. The maximum absolute atomic E-state index is 11.8. The van der Waals surface area contributed by atoms with Gasteiger partial charge in [-0.25, -0.2) is 4.98 Å². The number of fused-ring (bicyclic) bond motifs is 1. The molecule has 0 aromatic carbocycles. The van der Waals surface area contributed by atoms with Crippen LogP contribution >= 0.6 is 15.9 Å². The number of nitrogens with one attached hydrogen (secondary N) is 2. The van der Waals surface area contributed by atoms with Crippen molar-refractivity contribution in [3.8, 4) is 0 Å². The highest BCUT2D eigenvalue weighted by molar-refractivity contribution is 9.10. The molecule has 3 heterocycles. The lowest BCUT2D eigenvalue weighted by Gasteiger charge is -2.40. The van der Waals surface area contributed by atoms with Crippen LogP contribution in [0.25, 0.3) is 5.65 Å². The fraction of sp³-hybridized carbons (Fsp3) is 0.500. The van der Waals surface area contributed by atoms with Gasteiger partial charge in [0.2, 0.25) is 0 Å². The summed E-state index contributed by atoms with van der Waals surface area (Å²) in [4.78, 5) is 16.0. The summed E-state index contributed by atoms with van der Waals surface area (Å²) in [6, 6.07) is 2.00. The van der Waals surface area contributed by atoms with Gasteiger partial charge in [-0.05, 0) is 34.3 Å². The first-order valence-electron chi connectivity index (χ1n) is 7.20. The number of nitrogens with zero attached hydrogens (tertiary/aromatic N) is 3. The van der Waals surface area contributed by atoms with Crippen molar-refractivity contribution in [1.82, 2.24) is 19.9 Å². The van der Waals surface area contributed by atoms with Gasteiger partial charge in [-0.15, -0.1) is 0 Å². The van der Waals surface area contributed by atoms with Crippen LogP contribution in [0.1, 0.15) is 30.6 Å². The monoisotopic (exact) mass is 366 g/mol. The van der Waals surface area contributed by atoms with E-state index in [1.807, 2.05) is 0 Å². The molecule has 7 nitrogen and oxygen atoms in total. The standard InChI is InChI=1S/C14H19BrN6O/c1-14(2)7-17-4-3-9(14)19-13-8(12(16)22)6-18-11-5-10(15)20-21(11)13/h5-6,9,17,19H,3-4,7H2,1-2H3,(H2,16,22). The maximum atomic E-state index is 11.8. The van der Waals surface area contributed by atoms with Crippen LogP contribution in [0, 0.1) is 5.41 Å². The molecule has 22 heavy (non-hydrogen) atoms. The molecule has 1 atom stereocenters. The van der Waals surface area contributed by atoms with E-state index in [2.05, 4.69) is 50.5 Å². The van der Waals surface area contributed by atoms with Crippen LogP contribution in [0.15, 0.2) is 16.9 Å². The van der Waals surface area contributed by atoms with Gasteiger partial charge in [0, 0.05) is 24.8 Å². The van der Waals surface area contributed by atoms with Gasteiger partial charge >= 0.3 is 0 Å². The average molecular weight is 367 g/mol. The molecule has 3 rings (SSSR count). The van der Waals surface area contributed by atoms with Crippen LogP contribution in [-0.2, 0) is 0 Å². The van der Waals surface area contributed by atoms with Crippen LogP contribution in [-0.4, -0.2) is 39.6 Å². The number of hydrogen-bond donors (Lipinski definition) is 3. The van der Waals surface area contributed by atoms with Crippen molar-refractivity contribution >= 4 is 33.3 Å². The molecule has 4 N–H and O–H groups in total. The molecule has 118 valence electrons. The second-order valence-electron chi connectivity index (χ2n) is 6.27. The largest absolute Gasteiger partial charge is 0.366 e. The highest BCUT2D eigenvalue weighted by Crippen LogP contribution is 2.29. The molecule has 1 aliphatic heterocycles. The van der Waals surface area contributed by atoms with Crippen molar-refractivity contribution in [2.75, 3.05) is 18.4 Å². The minimum atomic E-state index is -0.518. The number of halogens is 1. The number of rotatable bonds is 3. The first-order chi connectivity index (χ1) is 10.4. The Morgan fingerprint density at radius 3 is 3.05 bits per heavy atom. The molecule has 0 radical (unpaired) electrons. The number of carbonyl (C=O) groups is 1. The lowest BCUT2D eigenvalue weighted by molar-refractivity contribution is 0.1000. The first-order valence-corrected chi connectivity index (χ1v) is 7.99. The van der Waals surface area contributed by atoms with Crippen LogP contribution in [0.2, 0.25) is 0 Å². The zero-order valence-electron chi connectivity index (χ0n) is 12.6. The summed E-state index contributed by atoms with van der Waals surface area (Å²) in [6.07, 6.45) is 2.46. The zero-order valence-corrected chi connectivity index (χ0v) is 14.1. The van der Waals surface area contributed by atoms with E-state index in [9.17, 15) is 4.79 Å². The fourth-order valence-corrected chi connectivity index (χ4v) is 3.19. The van der Waals surface area contributed by atoms with Crippen LogP contribution < -0.4 is 16.4 Å². The van der Waals surface area contributed by atoms with Crippen molar-refractivity contribution in [3.05, 3.63) is 22.4 Å². The number of piperidine rings is 1. The van der Waals surface area contributed by atoms with Crippen molar-refractivity contribution in [2.45, 2.75) is 26.3 Å². The second-order valence-corrected chi connectivity index (χ2v) is 7.09. The Morgan fingerprint density at radius 2 is 2.36 bits per heavy atom. The topological polar surface area (TPSA) is 97.3 Å². The molecular weight excluding hydrogens is 348 g/mol. The number of hydrogen-bond acceptors (Lipinski definition) is 5. The molecular formula is C14H19BrN6O. The third-order valence-electron chi connectivity index (χ3n) is 4.16. The summed E-state index contributed by atoms with van der Waals surface area (Å²) in [6.45, 7) is 6.23. The summed E-state index contributed by atoms with van der Waals surface area (Å²) in [5, 5.41) is 11.2. The van der Waals surface area contributed by atoms with Gasteiger partial charge in [0.05, 0.1) is 5.56 Å². The SMILES string of the molecule is CC1(C)CNCCC1Nc1c(C(N)=O)cnc2cc(Br)nn12. The molecule has 0 bridgehead atoms. The van der Waals surface area contributed by atoms with Crippen molar-refractivity contribution in [1.29, 1.82) is 0 Å². The Morgan fingerprint density at radius 1 is 1.59 bits per heavy atom. The predicted molar refractivity (Wildman–Crippen MR) is 87.9 cm³/mol. The molecule has 1 amide bonds. The van der Waals surface area contributed by atoms with Gasteiger partial charge < -0.3 is 16.4 Å². The number of amides is 1. The van der Waals surface area contributed by atoms with E-state index in [0.29, 0.717) is 21.6 Å². The quantitative estimate of drug-likeness (QED) is 0.762. The number of anilines is 1. The van der Waals surface area contributed by atoms with Crippen molar-refractivity contribution in [2.24, 2.45) is 11.1 Å². The van der Waals surface area contributed by atoms with Gasteiger partial charge in [-0.3, -0.25) is 4.79 Å². The molecule has 2 aromatic heterocycles. The normalized spacial score (nSPS) is 21.0. The van der Waals surface area contributed by atoms with Crippen LogP contribution in [0.5, 0.6) is 0 Å². The van der Waals surface area contributed by atoms with Crippen molar-refractivity contribution in [3.63, 3.8) is 0 Å². The minimum absolute atomic E-state index is 0.0488. The lowest BCUT2D eigenvalue weighted by Crippen LogP contribution is -2.50. The number of carbonyl (C=O) groups excluding carboxylic acids is 1. The van der Waals surface area contributed by atoms with Gasteiger partial charge in [-0.2, -0.15) is 9.61 Å². The highest BCUT2D eigenvalue weighted by Gasteiger charge is 2.33. The Balaban J connectivity index is 2.07. The van der Waals surface area contributed by atoms with E-state index in [0.717, 1.165) is 19.5 Å². The molecule has 1 unspecified atom stereocenters. The van der Waals surface area contributed by atoms with E-state index in [4.69, 9.17) is 5.73 Å². The summed E-state index contributed by atoms with van der Waals surface area (Å²) in [5.74, 6) is 0.0819. The third kappa shape index (κ3) is 2.68. The second kappa shape index (κ2) is 5.51. The molecule has 1 fully saturated rings. The molecule has 8 heteroatoms. The molecule has 1 aliphatic rings. The van der Waals surface area contributed by atoms with Crippen molar-refractivity contribution < 1.29 is 4.79 Å². The highest BCUT2D eigenvalue weighted by atomic mass is 79.9. The zero-order chi connectivity index (χ0) is 15.9. The van der Waals surface area contributed by atoms with Crippen LogP contribution in [0.3, 0.4) is 0 Å². The van der Waals surface area contributed by atoms with E-state index in [1.54, 1.807) is 10.6 Å². The molecule has 0 saturated carbocycles. The fourth-order valence-electron chi connectivity index (χ4n) is 2.83. The summed E-state index contributed by atoms with van der Waals surface area (Å²) >= 11 is 3.34. The van der Waals surface area contributed by atoms with E-state index >= 15 is 0 Å². The third-order valence-corrected chi connectivity index (χ3v) is 4.55. The van der Waals surface area contributed by atoms with E-state index < -0.39 is 5.91 Å². The number of aromatic nitrogens is 3. The molecule has 2 aromatic rings. The van der Waals surface area contributed by atoms with Gasteiger partial charge in [0.25, 0.3) is 5.91 Å². The number of nitrogens with two attached hydrogens (primary N) is 1. The Hall–Kier alpha value is -1.67. The summed E-state index contributed by atoms with van der Waals surface area (Å²) in [7, 11) is 0. The molecule has 0 spiro atoms. The van der Waals surface area contributed by atoms with Gasteiger partial charge in [0.15, 0.2) is 5.65 Å². The average Bonchev–Trinajstić information content (AvgIpc) is 2.81. The minimum Gasteiger partial charge on any atom is -0.366 e. The smallest absolute Gasteiger partial charge is 0.254 e. The Bertz CT molecular complexity index is 725. The number of primary amides is 1. The Kier molecular flexibility index (Phi) is 3.82. The maximum Gasteiger partial charge on any atom is 0.254 e. The first kappa shape index (κ1) is 15.2. The van der Waals surface area contributed by atoms with Gasteiger partial charge in [0.1, 0.15) is 10.4 Å². The van der Waals surface area contributed by atoms with E-state index in [1.165, 1.54) is 6.20 Å².